The molecular weight excluding hydrogens is 276 g/mol. The van der Waals surface area contributed by atoms with Gasteiger partial charge in [-0.15, -0.1) is 0 Å². The lowest BCUT2D eigenvalue weighted by Gasteiger charge is -2.59. The molecule has 0 N–H and O–H groups in total. The number of methoxy groups -OCH3 is 1. The molecule has 122 valence electrons. The summed E-state index contributed by atoms with van der Waals surface area (Å²) in [4.78, 5) is 25.1. The molecule has 1 unspecified atom stereocenters. The van der Waals surface area contributed by atoms with Gasteiger partial charge in [0.2, 0.25) is 0 Å². The number of rotatable bonds is 1. The minimum atomic E-state index is -0.422. The van der Waals surface area contributed by atoms with Crippen LogP contribution >= 0.6 is 0 Å². The van der Waals surface area contributed by atoms with E-state index in [1.807, 2.05) is 0 Å². The van der Waals surface area contributed by atoms with Crippen molar-refractivity contribution in [1.82, 2.24) is 0 Å². The van der Waals surface area contributed by atoms with Gasteiger partial charge in [0.1, 0.15) is 5.78 Å². The zero-order valence-electron chi connectivity index (χ0n) is 14.3. The van der Waals surface area contributed by atoms with Crippen LogP contribution in [0.3, 0.4) is 0 Å². The van der Waals surface area contributed by atoms with Gasteiger partial charge in [-0.25, -0.2) is 0 Å². The minimum Gasteiger partial charge on any atom is -0.468 e. The van der Waals surface area contributed by atoms with Gasteiger partial charge < -0.3 is 4.74 Å². The Labute approximate surface area is 133 Å². The first-order valence-electron chi connectivity index (χ1n) is 8.62. The number of carbonyl (C=O) groups is 2. The van der Waals surface area contributed by atoms with Gasteiger partial charge >= 0.3 is 5.97 Å². The molecular formula is C19H28O3. The number of esters is 1. The van der Waals surface area contributed by atoms with Crippen molar-refractivity contribution in [2.45, 2.75) is 65.7 Å². The highest BCUT2D eigenvalue weighted by molar-refractivity contribution is 5.87. The lowest BCUT2D eigenvalue weighted by molar-refractivity contribution is -0.159. The first-order chi connectivity index (χ1) is 10.3. The monoisotopic (exact) mass is 304 g/mol. The molecule has 3 heteroatoms. The molecule has 0 aliphatic heterocycles. The molecule has 3 nitrogen and oxygen atoms in total. The maximum Gasteiger partial charge on any atom is 0.315 e. The summed E-state index contributed by atoms with van der Waals surface area (Å²) in [5, 5.41) is 0. The molecule has 2 saturated carbocycles. The molecule has 3 aliphatic rings. The van der Waals surface area contributed by atoms with E-state index in [1.54, 1.807) is 0 Å². The number of carbonyl (C=O) groups excluding carboxylic acids is 2. The fraction of sp³-hybridized carbons (Fsp3) is 0.789. The first kappa shape index (κ1) is 15.8. The highest BCUT2D eigenvalue weighted by Gasteiger charge is 2.61. The van der Waals surface area contributed by atoms with Gasteiger partial charge in [-0.2, -0.15) is 0 Å². The average Bonchev–Trinajstić information content (AvgIpc) is 2.50. The van der Waals surface area contributed by atoms with Crippen LogP contribution in [0.1, 0.15) is 65.7 Å². The molecule has 3 aliphatic carbocycles. The quantitative estimate of drug-likeness (QED) is 0.542. The van der Waals surface area contributed by atoms with Crippen LogP contribution in [0, 0.1) is 22.2 Å². The summed E-state index contributed by atoms with van der Waals surface area (Å²) >= 11 is 0. The predicted octanol–water partition coefficient (Wildman–Crippen LogP) is 4.06. The van der Waals surface area contributed by atoms with E-state index >= 15 is 0 Å². The van der Waals surface area contributed by atoms with Crippen molar-refractivity contribution in [2.75, 3.05) is 7.11 Å². The normalized spacial score (nSPS) is 40.3. The third kappa shape index (κ3) is 1.87. The standard InChI is InChI=1S/C19H28O3/c1-17(2)13-8-12-19(16(21)22-4)10-6-5-7-14(19)18(13,3)11-9-15(17)20/h7,13H,5-6,8-12H2,1-4H3/t13-,18?,19-/m0/s1. The lowest BCUT2D eigenvalue weighted by Crippen LogP contribution is -2.56. The topological polar surface area (TPSA) is 43.4 Å². The Hall–Kier alpha value is -1.12. The van der Waals surface area contributed by atoms with Crippen molar-refractivity contribution in [2.24, 2.45) is 22.2 Å². The van der Waals surface area contributed by atoms with Crippen LogP contribution in [-0.2, 0) is 14.3 Å². The number of fused-ring (bicyclic) bond motifs is 3. The number of ether oxygens (including phenoxy) is 1. The maximum absolute atomic E-state index is 12.6. The summed E-state index contributed by atoms with van der Waals surface area (Å²) in [6.45, 7) is 6.50. The number of allylic oxidation sites excluding steroid dienone is 1. The molecule has 0 amide bonds. The first-order valence-corrected chi connectivity index (χ1v) is 8.62. The van der Waals surface area contributed by atoms with E-state index in [-0.39, 0.29) is 16.8 Å². The SMILES string of the molecule is COC(=O)[C@]12CCCC=C1C1(C)CCC(=O)C(C)(C)[C@@H]1CC2. The van der Waals surface area contributed by atoms with Crippen LogP contribution in [0.25, 0.3) is 0 Å². The largest absolute Gasteiger partial charge is 0.468 e. The van der Waals surface area contributed by atoms with Gasteiger partial charge in [0, 0.05) is 11.8 Å². The Balaban J connectivity index is 2.10. The van der Waals surface area contributed by atoms with Crippen molar-refractivity contribution in [3.8, 4) is 0 Å². The molecule has 3 rings (SSSR count). The summed E-state index contributed by atoms with van der Waals surface area (Å²) < 4.78 is 5.20. The molecule has 2 fully saturated rings. The van der Waals surface area contributed by atoms with Crippen LogP contribution in [0.4, 0.5) is 0 Å². The van der Waals surface area contributed by atoms with E-state index in [0.29, 0.717) is 18.1 Å². The van der Waals surface area contributed by atoms with Crippen LogP contribution in [-0.4, -0.2) is 18.9 Å². The zero-order chi connectivity index (χ0) is 16.2. The van der Waals surface area contributed by atoms with Crippen LogP contribution in [0.5, 0.6) is 0 Å². The van der Waals surface area contributed by atoms with Crippen LogP contribution in [0.2, 0.25) is 0 Å². The molecule has 0 saturated heterocycles. The molecule has 0 aromatic carbocycles. The van der Waals surface area contributed by atoms with Gasteiger partial charge in [-0.05, 0) is 49.9 Å². The van der Waals surface area contributed by atoms with E-state index < -0.39 is 5.41 Å². The predicted molar refractivity (Wildman–Crippen MR) is 85.2 cm³/mol. The van der Waals surface area contributed by atoms with Crippen molar-refractivity contribution >= 4 is 11.8 Å². The number of ketones is 1. The molecule has 0 radical (unpaired) electrons. The molecule has 0 aromatic heterocycles. The maximum atomic E-state index is 12.6. The van der Waals surface area contributed by atoms with Gasteiger partial charge in [-0.1, -0.05) is 32.4 Å². The molecule has 0 spiro atoms. The second kappa shape index (κ2) is 4.94. The molecule has 3 atom stereocenters. The second-order valence-electron chi connectivity index (χ2n) is 8.24. The van der Waals surface area contributed by atoms with Gasteiger partial charge in [-0.3, -0.25) is 9.59 Å². The Morgan fingerprint density at radius 2 is 1.95 bits per heavy atom. The van der Waals surface area contributed by atoms with E-state index in [0.717, 1.165) is 38.5 Å². The van der Waals surface area contributed by atoms with Crippen molar-refractivity contribution in [3.05, 3.63) is 11.6 Å². The van der Waals surface area contributed by atoms with E-state index in [1.165, 1.54) is 12.7 Å². The van der Waals surface area contributed by atoms with Crippen molar-refractivity contribution < 1.29 is 14.3 Å². The summed E-state index contributed by atoms with van der Waals surface area (Å²) in [7, 11) is 1.51. The lowest BCUT2D eigenvalue weighted by atomic mass is 9.43. The summed E-state index contributed by atoms with van der Waals surface area (Å²) in [5.41, 5.74) is 0.543. The van der Waals surface area contributed by atoms with Crippen LogP contribution in [0.15, 0.2) is 11.6 Å². The summed E-state index contributed by atoms with van der Waals surface area (Å²) in [6.07, 6.45) is 8.61. The molecule has 0 heterocycles. The van der Waals surface area contributed by atoms with Gasteiger partial charge in [0.05, 0.1) is 12.5 Å². The van der Waals surface area contributed by atoms with E-state index in [9.17, 15) is 9.59 Å². The summed E-state index contributed by atoms with van der Waals surface area (Å²) in [6, 6.07) is 0. The average molecular weight is 304 g/mol. The van der Waals surface area contributed by atoms with Gasteiger partial charge in [0.25, 0.3) is 0 Å². The van der Waals surface area contributed by atoms with Crippen molar-refractivity contribution in [3.63, 3.8) is 0 Å². The Morgan fingerprint density at radius 3 is 2.64 bits per heavy atom. The number of hydrogen-bond donors (Lipinski definition) is 0. The van der Waals surface area contributed by atoms with Crippen LogP contribution < -0.4 is 0 Å². The molecule has 0 bridgehead atoms. The highest BCUT2D eigenvalue weighted by Crippen LogP contribution is 2.65. The molecule has 22 heavy (non-hydrogen) atoms. The highest BCUT2D eigenvalue weighted by atomic mass is 16.5. The Kier molecular flexibility index (Phi) is 3.54. The number of hydrogen-bond acceptors (Lipinski definition) is 3. The van der Waals surface area contributed by atoms with E-state index in [4.69, 9.17) is 4.74 Å². The fourth-order valence-electron chi connectivity index (χ4n) is 5.78. The summed E-state index contributed by atoms with van der Waals surface area (Å²) in [5.74, 6) is 0.660. The Morgan fingerprint density at radius 1 is 1.23 bits per heavy atom. The van der Waals surface area contributed by atoms with E-state index in [2.05, 4.69) is 26.8 Å². The smallest absolute Gasteiger partial charge is 0.315 e. The zero-order valence-corrected chi connectivity index (χ0v) is 14.3. The van der Waals surface area contributed by atoms with Gasteiger partial charge in [0.15, 0.2) is 0 Å². The fourth-order valence-corrected chi connectivity index (χ4v) is 5.78. The Bertz CT molecular complexity index is 545. The minimum absolute atomic E-state index is 0.0374. The van der Waals surface area contributed by atoms with Crippen molar-refractivity contribution in [1.29, 1.82) is 0 Å². The second-order valence-corrected chi connectivity index (χ2v) is 8.24. The molecule has 0 aromatic rings. The number of Topliss-reactive ketones (excluding diaryl/α,β-unsaturated/α-hetero) is 1. The third-order valence-electron chi connectivity index (χ3n) is 6.95. The third-order valence-corrected chi connectivity index (χ3v) is 6.95.